The van der Waals surface area contributed by atoms with E-state index in [0.717, 1.165) is 0 Å². The third-order valence-electron chi connectivity index (χ3n) is 1.29. The van der Waals surface area contributed by atoms with Crippen molar-refractivity contribution in [3.05, 3.63) is 0 Å². The van der Waals surface area contributed by atoms with Crippen LogP contribution in [0.4, 0.5) is 0 Å². The van der Waals surface area contributed by atoms with Crippen LogP contribution in [0.2, 0.25) is 0 Å². The van der Waals surface area contributed by atoms with Crippen LogP contribution in [0, 0.1) is 0 Å². The van der Waals surface area contributed by atoms with Crippen molar-refractivity contribution in [3.8, 4) is 0 Å². The van der Waals surface area contributed by atoms with E-state index < -0.39 is 51.5 Å². The molecule has 0 fully saturated rings. The van der Waals surface area contributed by atoms with Crippen molar-refractivity contribution in [2.45, 2.75) is 18.4 Å². The molecule has 0 radical (unpaired) electrons. The normalized spacial score (nSPS) is 10.9. The zero-order valence-corrected chi connectivity index (χ0v) is 12.3. The van der Waals surface area contributed by atoms with E-state index >= 15 is 0 Å². The molecular weight excluding hydrogens is 487 g/mol. The first kappa shape index (κ1) is 19.3. The number of hydrogen-bond acceptors (Lipinski definition) is 4. The van der Waals surface area contributed by atoms with Gasteiger partial charge in [0.1, 0.15) is 0 Å². The van der Waals surface area contributed by atoms with Crippen LogP contribution in [0.15, 0.2) is 0 Å². The van der Waals surface area contributed by atoms with Gasteiger partial charge in [0.05, 0.1) is 12.8 Å². The molecule has 0 aliphatic rings. The zero-order chi connectivity index (χ0) is 14.2. The number of aliphatic carboxylic acids is 3. The Morgan fingerprint density at radius 3 is 1.29 bits per heavy atom. The summed E-state index contributed by atoms with van der Waals surface area (Å²) in [4.78, 5) is 30.5. The third-order valence-corrected chi connectivity index (χ3v) is 1.29. The van der Waals surface area contributed by atoms with E-state index in [1.165, 1.54) is 0 Å². The average molecular weight is 495 g/mol. The number of carboxylic acid groups (broad SMARTS) is 3. The number of carbonyl (C=O) groups is 3. The monoisotopic (exact) mass is 494 g/mol. The van der Waals surface area contributed by atoms with E-state index in [4.69, 9.17) is 48.0 Å². The Balaban J connectivity index is 0. The number of carboxylic acids is 3. The Hall–Kier alpha value is -0.0197. The summed E-state index contributed by atoms with van der Waals surface area (Å²) in [6.45, 7) is 0. The van der Waals surface area contributed by atoms with Gasteiger partial charge in [0.15, 0.2) is 5.60 Å². The molecule has 0 aromatic carbocycles. The predicted octanol–water partition coefficient (Wildman–Crippen LogP) is 0.818. The maximum absolute atomic E-state index is 10.3. The van der Waals surface area contributed by atoms with Crippen LogP contribution in [0.5, 0.6) is 0 Å². The molecule has 0 aliphatic carbocycles. The molecule has 17 heavy (non-hydrogen) atoms. The SMILES string of the molecule is O=C(O)CC(O)(CC(=O)O)C(=O)O.[Cl][Au]([Cl])[Cl]. The predicted molar refractivity (Wildman–Crippen MR) is 54.7 cm³/mol. The van der Waals surface area contributed by atoms with Gasteiger partial charge >= 0.3 is 60.7 Å². The van der Waals surface area contributed by atoms with Gasteiger partial charge < -0.3 is 20.4 Å². The van der Waals surface area contributed by atoms with Crippen LogP contribution in [0.3, 0.4) is 0 Å². The standard InChI is InChI=1S/C6H8O7.Au.3ClH/c7-3(8)1-6(13,5(11)12)2-4(9)10;;;;/h13H,1-2H2,(H,7,8)(H,9,10)(H,11,12);;3*1H/q;+3;;;/p-3. The van der Waals surface area contributed by atoms with Gasteiger partial charge in [-0.1, -0.05) is 0 Å². The number of hydrogen-bond donors (Lipinski definition) is 4. The molecule has 7 nitrogen and oxygen atoms in total. The molecule has 0 aliphatic heterocycles. The van der Waals surface area contributed by atoms with Crippen molar-refractivity contribution in [3.63, 3.8) is 0 Å². The molecule has 0 bridgehead atoms. The Kier molecular flexibility index (Phi) is 10.2. The summed E-state index contributed by atoms with van der Waals surface area (Å²) in [6, 6.07) is 0. The van der Waals surface area contributed by atoms with E-state index in [9.17, 15) is 14.4 Å². The van der Waals surface area contributed by atoms with Gasteiger partial charge in [-0.05, 0) is 0 Å². The van der Waals surface area contributed by atoms with E-state index in [-0.39, 0.29) is 0 Å². The molecule has 0 aromatic heterocycles. The summed E-state index contributed by atoms with van der Waals surface area (Å²) in [5, 5.41) is 33.8. The van der Waals surface area contributed by atoms with Crippen molar-refractivity contribution < 1.29 is 50.0 Å². The second kappa shape index (κ2) is 8.98. The average Bonchev–Trinajstić information content (AvgIpc) is 1.98. The molecule has 106 valence electrons. The van der Waals surface area contributed by atoms with Crippen molar-refractivity contribution in [1.82, 2.24) is 0 Å². The minimum absolute atomic E-state index is 1.14. The topological polar surface area (TPSA) is 132 Å². The fourth-order valence-electron chi connectivity index (χ4n) is 0.714. The molecule has 0 amide bonds. The van der Waals surface area contributed by atoms with E-state index in [0.29, 0.717) is 0 Å². The molecule has 0 saturated heterocycles. The summed E-state index contributed by atoms with van der Waals surface area (Å²) in [5.74, 6) is -5.02. The van der Waals surface area contributed by atoms with E-state index in [2.05, 4.69) is 0 Å². The molecule has 0 rings (SSSR count). The summed E-state index contributed by atoms with van der Waals surface area (Å²) in [6.07, 6.45) is -2.29. The van der Waals surface area contributed by atoms with Gasteiger partial charge in [0.25, 0.3) is 0 Å². The molecular formula is C6H8AuCl3O7. The molecule has 0 atom stereocenters. The van der Waals surface area contributed by atoms with Crippen LogP contribution in [-0.4, -0.2) is 43.9 Å². The Morgan fingerprint density at radius 1 is 0.941 bits per heavy atom. The van der Waals surface area contributed by atoms with Crippen molar-refractivity contribution in [2.75, 3.05) is 0 Å². The van der Waals surface area contributed by atoms with Gasteiger partial charge in [-0.25, -0.2) is 4.79 Å². The van der Waals surface area contributed by atoms with Gasteiger partial charge in [0.2, 0.25) is 0 Å². The molecule has 0 aromatic rings. The Bertz CT molecular complexity index is 277. The summed E-state index contributed by atoms with van der Waals surface area (Å²) in [5.41, 5.74) is -2.74. The second-order valence-corrected chi connectivity index (χ2v) is 12.0. The van der Waals surface area contributed by atoms with Crippen molar-refractivity contribution >= 4 is 45.5 Å². The van der Waals surface area contributed by atoms with Crippen LogP contribution in [0.1, 0.15) is 12.8 Å². The van der Waals surface area contributed by atoms with Gasteiger partial charge in [-0.2, -0.15) is 0 Å². The quantitative estimate of drug-likeness (QED) is 0.415. The maximum atomic E-state index is 10.3. The first-order chi connectivity index (χ1) is 7.51. The Labute approximate surface area is 113 Å². The fraction of sp³-hybridized carbons (Fsp3) is 0.500. The van der Waals surface area contributed by atoms with Crippen LogP contribution in [0.25, 0.3) is 0 Å². The third kappa shape index (κ3) is 12.2. The summed E-state index contributed by atoms with van der Waals surface area (Å²) in [7, 11) is 14.9. The first-order valence-electron chi connectivity index (χ1n) is 3.51. The molecule has 11 heteroatoms. The molecule has 0 spiro atoms. The number of halogens is 3. The van der Waals surface area contributed by atoms with Crippen molar-refractivity contribution in [1.29, 1.82) is 0 Å². The van der Waals surface area contributed by atoms with Crippen LogP contribution < -0.4 is 0 Å². The molecule has 0 saturated carbocycles. The van der Waals surface area contributed by atoms with Gasteiger partial charge in [-0.15, -0.1) is 0 Å². The summed E-state index contributed by atoms with van der Waals surface area (Å²) < 4.78 is 0. The molecule has 0 heterocycles. The number of aliphatic hydroxyl groups is 1. The minimum atomic E-state index is -2.74. The van der Waals surface area contributed by atoms with Gasteiger partial charge in [0, 0.05) is 0 Å². The van der Waals surface area contributed by atoms with E-state index in [1.54, 1.807) is 0 Å². The van der Waals surface area contributed by atoms with Gasteiger partial charge in [-0.3, -0.25) is 9.59 Å². The molecule has 4 N–H and O–H groups in total. The Morgan fingerprint density at radius 2 is 1.18 bits per heavy atom. The second-order valence-electron chi connectivity index (χ2n) is 2.61. The number of rotatable bonds is 5. The van der Waals surface area contributed by atoms with Crippen LogP contribution >= 0.6 is 27.6 Å². The fourth-order valence-corrected chi connectivity index (χ4v) is 0.714. The summed E-state index contributed by atoms with van der Waals surface area (Å²) >= 11 is -1.79. The zero-order valence-electron chi connectivity index (χ0n) is 7.86. The van der Waals surface area contributed by atoms with E-state index in [1.807, 2.05) is 0 Å². The molecule has 0 unspecified atom stereocenters. The first-order valence-corrected chi connectivity index (χ1v) is 11.6. The van der Waals surface area contributed by atoms with Crippen LogP contribution in [-0.2, 0) is 29.6 Å². The van der Waals surface area contributed by atoms with Crippen molar-refractivity contribution in [2.24, 2.45) is 0 Å².